The molecule has 0 unspecified atom stereocenters. The van der Waals surface area contributed by atoms with Crippen LogP contribution < -0.4 is 5.32 Å². The summed E-state index contributed by atoms with van der Waals surface area (Å²) < 4.78 is 1.96. The summed E-state index contributed by atoms with van der Waals surface area (Å²) in [6.45, 7) is 3.51. The first-order chi connectivity index (χ1) is 12.2. The molecule has 128 valence electrons. The van der Waals surface area contributed by atoms with Gasteiger partial charge in [-0.1, -0.05) is 12.1 Å². The van der Waals surface area contributed by atoms with Crippen molar-refractivity contribution in [2.45, 2.75) is 25.9 Å². The monoisotopic (exact) mass is 352 g/mol. The van der Waals surface area contributed by atoms with Gasteiger partial charge in [-0.15, -0.1) is 11.3 Å². The lowest BCUT2D eigenvalue weighted by Gasteiger charge is -2.28. The smallest absolute Gasteiger partial charge is 0.318 e. The number of carbonyl (C=O) groups is 1. The summed E-state index contributed by atoms with van der Waals surface area (Å²) in [4.78, 5) is 19.9. The van der Waals surface area contributed by atoms with Crippen LogP contribution in [0.4, 0.5) is 4.79 Å². The van der Waals surface area contributed by atoms with Crippen LogP contribution in [0.1, 0.15) is 29.0 Å². The van der Waals surface area contributed by atoms with Gasteiger partial charge in [0.1, 0.15) is 0 Å². The van der Waals surface area contributed by atoms with Crippen molar-refractivity contribution in [1.82, 2.24) is 19.8 Å². The van der Waals surface area contributed by atoms with Gasteiger partial charge in [-0.2, -0.15) is 0 Å². The predicted octanol–water partition coefficient (Wildman–Crippen LogP) is 3.76. The minimum atomic E-state index is -0.0341. The van der Waals surface area contributed by atoms with Crippen LogP contribution in [0.5, 0.6) is 0 Å². The van der Waals surface area contributed by atoms with Gasteiger partial charge in [-0.05, 0) is 48.1 Å². The standard InChI is InChI=1S/C19H20N4OS/c1-14(15-2-4-17(5-3-15)23-10-8-20-13-23)21-19(24)22-9-6-18-16(12-22)7-11-25-18/h2-5,7-8,10-11,13-14H,6,9,12H2,1H3,(H,21,24)/t14-/m1/s1. The van der Waals surface area contributed by atoms with Crippen molar-refractivity contribution < 1.29 is 4.79 Å². The van der Waals surface area contributed by atoms with Crippen molar-refractivity contribution in [2.75, 3.05) is 6.54 Å². The summed E-state index contributed by atoms with van der Waals surface area (Å²) in [5, 5.41) is 5.22. The zero-order chi connectivity index (χ0) is 17.2. The molecule has 0 aliphatic carbocycles. The summed E-state index contributed by atoms with van der Waals surface area (Å²) in [7, 11) is 0. The number of amides is 2. The third-order valence-electron chi connectivity index (χ3n) is 4.63. The van der Waals surface area contributed by atoms with E-state index in [1.807, 2.05) is 46.9 Å². The van der Waals surface area contributed by atoms with E-state index in [4.69, 9.17) is 0 Å². The number of imidazole rings is 1. The summed E-state index contributed by atoms with van der Waals surface area (Å²) in [5.41, 5.74) is 3.43. The van der Waals surface area contributed by atoms with Gasteiger partial charge in [-0.3, -0.25) is 0 Å². The van der Waals surface area contributed by atoms with Crippen molar-refractivity contribution >= 4 is 17.4 Å². The van der Waals surface area contributed by atoms with Gasteiger partial charge in [-0.25, -0.2) is 9.78 Å². The molecule has 1 aliphatic rings. The molecule has 25 heavy (non-hydrogen) atoms. The Morgan fingerprint density at radius 1 is 1.28 bits per heavy atom. The predicted molar refractivity (Wildman–Crippen MR) is 98.9 cm³/mol. The van der Waals surface area contributed by atoms with E-state index >= 15 is 0 Å². The number of carbonyl (C=O) groups excluding carboxylic acids is 1. The Morgan fingerprint density at radius 2 is 2.12 bits per heavy atom. The molecule has 0 bridgehead atoms. The fourth-order valence-corrected chi connectivity index (χ4v) is 4.02. The van der Waals surface area contributed by atoms with E-state index in [0.717, 1.165) is 24.2 Å². The summed E-state index contributed by atoms with van der Waals surface area (Å²) >= 11 is 1.79. The average molecular weight is 352 g/mol. The van der Waals surface area contributed by atoms with Crippen molar-refractivity contribution in [3.63, 3.8) is 0 Å². The van der Waals surface area contributed by atoms with E-state index in [2.05, 4.69) is 21.7 Å². The Bertz CT molecular complexity index is 854. The van der Waals surface area contributed by atoms with Crippen LogP contribution in [0, 0.1) is 0 Å². The number of hydrogen-bond acceptors (Lipinski definition) is 3. The van der Waals surface area contributed by atoms with Crippen LogP contribution in [0.3, 0.4) is 0 Å². The number of thiophene rings is 1. The molecule has 0 saturated carbocycles. The molecule has 1 N–H and O–H groups in total. The fourth-order valence-electron chi connectivity index (χ4n) is 3.13. The first-order valence-electron chi connectivity index (χ1n) is 8.39. The number of rotatable bonds is 3. The van der Waals surface area contributed by atoms with E-state index in [1.54, 1.807) is 23.9 Å². The van der Waals surface area contributed by atoms with Crippen LogP contribution in [-0.4, -0.2) is 27.0 Å². The topological polar surface area (TPSA) is 50.2 Å². The molecule has 2 aromatic heterocycles. The number of nitrogens with one attached hydrogen (secondary N) is 1. The Kier molecular flexibility index (Phi) is 4.28. The Labute approximate surface area is 150 Å². The summed E-state index contributed by atoms with van der Waals surface area (Å²) in [5.74, 6) is 0. The quantitative estimate of drug-likeness (QED) is 0.780. The van der Waals surface area contributed by atoms with Crippen LogP contribution in [0.15, 0.2) is 54.4 Å². The molecule has 1 aromatic carbocycles. The van der Waals surface area contributed by atoms with Gasteiger partial charge in [0.25, 0.3) is 0 Å². The number of nitrogens with zero attached hydrogens (tertiary/aromatic N) is 3. The Morgan fingerprint density at radius 3 is 2.88 bits per heavy atom. The third kappa shape index (κ3) is 3.30. The molecule has 4 rings (SSSR count). The van der Waals surface area contributed by atoms with E-state index in [-0.39, 0.29) is 12.1 Å². The lowest BCUT2D eigenvalue weighted by Crippen LogP contribution is -2.43. The summed E-state index contributed by atoms with van der Waals surface area (Å²) in [6, 6.07) is 10.3. The molecule has 0 fully saturated rings. The third-order valence-corrected chi connectivity index (χ3v) is 5.65. The Hall–Kier alpha value is -2.60. The zero-order valence-electron chi connectivity index (χ0n) is 14.1. The maximum absolute atomic E-state index is 12.6. The molecule has 1 aliphatic heterocycles. The lowest BCUT2D eigenvalue weighted by molar-refractivity contribution is 0.189. The number of fused-ring (bicyclic) bond motifs is 1. The van der Waals surface area contributed by atoms with E-state index in [9.17, 15) is 4.79 Å². The minimum absolute atomic E-state index is 0.00281. The fraction of sp³-hybridized carbons (Fsp3) is 0.263. The molecule has 3 aromatic rings. The normalized spacial score (nSPS) is 14.8. The Balaban J connectivity index is 1.40. The van der Waals surface area contributed by atoms with E-state index < -0.39 is 0 Å². The lowest BCUT2D eigenvalue weighted by atomic mass is 10.1. The minimum Gasteiger partial charge on any atom is -0.331 e. The molecule has 0 spiro atoms. The van der Waals surface area contributed by atoms with Gasteiger partial charge < -0.3 is 14.8 Å². The summed E-state index contributed by atoms with van der Waals surface area (Å²) in [6.07, 6.45) is 6.40. The second-order valence-corrected chi connectivity index (χ2v) is 7.27. The zero-order valence-corrected chi connectivity index (χ0v) is 14.9. The number of hydrogen-bond donors (Lipinski definition) is 1. The molecule has 1 atom stereocenters. The molecule has 3 heterocycles. The molecule has 6 heteroatoms. The van der Waals surface area contributed by atoms with E-state index in [0.29, 0.717) is 6.54 Å². The average Bonchev–Trinajstić information content (AvgIpc) is 3.32. The first-order valence-corrected chi connectivity index (χ1v) is 9.27. The second-order valence-electron chi connectivity index (χ2n) is 6.27. The van der Waals surface area contributed by atoms with Crippen LogP contribution in [0.2, 0.25) is 0 Å². The highest BCUT2D eigenvalue weighted by Gasteiger charge is 2.22. The molecule has 2 amide bonds. The maximum Gasteiger partial charge on any atom is 0.318 e. The van der Waals surface area contributed by atoms with Crippen LogP contribution in [0.25, 0.3) is 5.69 Å². The highest BCUT2D eigenvalue weighted by molar-refractivity contribution is 7.10. The van der Waals surface area contributed by atoms with Gasteiger partial charge in [0.15, 0.2) is 0 Å². The maximum atomic E-state index is 12.6. The first kappa shape index (κ1) is 15.9. The highest BCUT2D eigenvalue weighted by atomic mass is 32.1. The molecular formula is C19H20N4OS. The van der Waals surface area contributed by atoms with Gasteiger partial charge in [0, 0.05) is 36.0 Å². The molecule has 5 nitrogen and oxygen atoms in total. The number of aromatic nitrogens is 2. The van der Waals surface area contributed by atoms with Crippen molar-refractivity contribution in [3.8, 4) is 5.69 Å². The largest absolute Gasteiger partial charge is 0.331 e. The van der Waals surface area contributed by atoms with Crippen molar-refractivity contribution in [1.29, 1.82) is 0 Å². The highest BCUT2D eigenvalue weighted by Crippen LogP contribution is 2.24. The SMILES string of the molecule is C[C@@H](NC(=O)N1CCc2sccc2C1)c1ccc(-n2ccnc2)cc1. The second kappa shape index (κ2) is 6.72. The number of benzene rings is 1. The van der Waals surface area contributed by atoms with Gasteiger partial charge >= 0.3 is 6.03 Å². The molecule has 0 radical (unpaired) electrons. The number of urea groups is 1. The van der Waals surface area contributed by atoms with Crippen LogP contribution >= 0.6 is 11.3 Å². The van der Waals surface area contributed by atoms with Crippen molar-refractivity contribution in [3.05, 3.63) is 70.4 Å². The molecular weight excluding hydrogens is 332 g/mol. The van der Waals surface area contributed by atoms with Crippen molar-refractivity contribution in [2.24, 2.45) is 0 Å². The molecule has 0 saturated heterocycles. The van der Waals surface area contributed by atoms with Gasteiger partial charge in [0.05, 0.1) is 12.4 Å². The van der Waals surface area contributed by atoms with E-state index in [1.165, 1.54) is 10.4 Å². The van der Waals surface area contributed by atoms with Crippen LogP contribution in [-0.2, 0) is 13.0 Å². The van der Waals surface area contributed by atoms with Gasteiger partial charge in [0.2, 0.25) is 0 Å².